The summed E-state index contributed by atoms with van der Waals surface area (Å²) in [4.78, 5) is 26.8. The van der Waals surface area contributed by atoms with Gasteiger partial charge in [0.1, 0.15) is 11.9 Å². The Morgan fingerprint density at radius 1 is 1.38 bits per heavy atom. The monoisotopic (exact) mass is 353 g/mol. The molecule has 1 aliphatic heterocycles. The molecule has 6 heteroatoms. The molecule has 0 spiro atoms. The van der Waals surface area contributed by atoms with Gasteiger partial charge in [0.15, 0.2) is 0 Å². The molecule has 2 atom stereocenters. The largest absolute Gasteiger partial charge is 0.464 e. The lowest BCUT2D eigenvalue weighted by atomic mass is 10.1. The molecule has 24 heavy (non-hydrogen) atoms. The number of hydrogen-bond donors (Lipinski definition) is 0. The van der Waals surface area contributed by atoms with Crippen LogP contribution in [-0.2, 0) is 9.53 Å². The lowest BCUT2D eigenvalue weighted by molar-refractivity contribution is -0.149. The van der Waals surface area contributed by atoms with E-state index in [2.05, 4.69) is 0 Å². The zero-order valence-electron chi connectivity index (χ0n) is 14.3. The van der Waals surface area contributed by atoms with Crippen molar-refractivity contribution in [3.8, 4) is 0 Å². The molecular weight excluding hydrogens is 329 g/mol. The molecule has 0 N–H and O–H groups in total. The SMILES string of the molecule is CCC[C@H]1SC[C@H](C(=O)OCC(C)C)N1C(=O)c1ccccc1F. The second kappa shape index (κ2) is 8.51. The van der Waals surface area contributed by atoms with Gasteiger partial charge in [-0.2, -0.15) is 0 Å². The van der Waals surface area contributed by atoms with E-state index in [0.29, 0.717) is 12.4 Å². The quantitative estimate of drug-likeness (QED) is 0.732. The maximum Gasteiger partial charge on any atom is 0.329 e. The van der Waals surface area contributed by atoms with E-state index in [-0.39, 0.29) is 16.9 Å². The van der Waals surface area contributed by atoms with Crippen molar-refractivity contribution in [2.75, 3.05) is 12.4 Å². The molecule has 1 aromatic carbocycles. The highest BCUT2D eigenvalue weighted by Gasteiger charge is 2.42. The Morgan fingerprint density at radius 2 is 2.08 bits per heavy atom. The summed E-state index contributed by atoms with van der Waals surface area (Å²) < 4.78 is 19.3. The van der Waals surface area contributed by atoms with Gasteiger partial charge in [0, 0.05) is 5.75 Å². The van der Waals surface area contributed by atoms with E-state index in [1.54, 1.807) is 23.9 Å². The fraction of sp³-hybridized carbons (Fsp3) is 0.556. The van der Waals surface area contributed by atoms with E-state index < -0.39 is 23.7 Å². The van der Waals surface area contributed by atoms with Crippen LogP contribution in [0.3, 0.4) is 0 Å². The molecule has 0 bridgehead atoms. The molecule has 0 unspecified atom stereocenters. The van der Waals surface area contributed by atoms with Crippen LogP contribution in [-0.4, -0.2) is 40.6 Å². The number of benzene rings is 1. The van der Waals surface area contributed by atoms with Crippen LogP contribution in [0.5, 0.6) is 0 Å². The second-order valence-electron chi connectivity index (χ2n) is 6.31. The van der Waals surface area contributed by atoms with Crippen molar-refractivity contribution in [1.82, 2.24) is 4.90 Å². The molecule has 132 valence electrons. The number of esters is 1. The molecule has 1 amide bonds. The number of nitrogens with zero attached hydrogens (tertiary/aromatic N) is 1. The molecule has 4 nitrogen and oxygen atoms in total. The third-order valence-corrected chi connectivity index (χ3v) is 5.15. The van der Waals surface area contributed by atoms with Crippen molar-refractivity contribution in [2.45, 2.75) is 45.0 Å². The third-order valence-electron chi connectivity index (χ3n) is 3.80. The summed E-state index contributed by atoms with van der Waals surface area (Å²) in [5, 5.41) is -0.126. The smallest absolute Gasteiger partial charge is 0.329 e. The van der Waals surface area contributed by atoms with Gasteiger partial charge in [-0.25, -0.2) is 9.18 Å². The standard InChI is InChI=1S/C18H24FNO3S/c1-4-7-16-20(17(21)13-8-5-6-9-14(13)19)15(11-24-16)18(22)23-10-12(2)3/h5-6,8-9,12,15-16H,4,7,10-11H2,1-3H3/t15-,16-/m1/s1. The highest BCUT2D eigenvalue weighted by Crippen LogP contribution is 2.34. The molecule has 1 aromatic rings. The zero-order valence-corrected chi connectivity index (χ0v) is 15.1. The summed E-state index contributed by atoms with van der Waals surface area (Å²) >= 11 is 1.56. The van der Waals surface area contributed by atoms with Gasteiger partial charge < -0.3 is 9.64 Å². The van der Waals surface area contributed by atoms with E-state index in [0.717, 1.165) is 12.8 Å². The Labute approximate surface area is 146 Å². The lowest BCUT2D eigenvalue weighted by Crippen LogP contribution is -2.46. The minimum Gasteiger partial charge on any atom is -0.464 e. The predicted molar refractivity (Wildman–Crippen MR) is 93.3 cm³/mol. The van der Waals surface area contributed by atoms with Gasteiger partial charge in [-0.15, -0.1) is 11.8 Å². The van der Waals surface area contributed by atoms with E-state index in [1.807, 2.05) is 20.8 Å². The van der Waals surface area contributed by atoms with Crippen molar-refractivity contribution in [3.05, 3.63) is 35.6 Å². The first-order valence-electron chi connectivity index (χ1n) is 8.31. The molecule has 1 aliphatic rings. The van der Waals surface area contributed by atoms with Crippen molar-refractivity contribution in [3.63, 3.8) is 0 Å². The molecular formula is C18H24FNO3S. The molecule has 0 saturated carbocycles. The van der Waals surface area contributed by atoms with Gasteiger partial charge in [-0.1, -0.05) is 39.3 Å². The molecule has 1 fully saturated rings. The van der Waals surface area contributed by atoms with E-state index >= 15 is 0 Å². The molecule has 1 heterocycles. The molecule has 2 rings (SSSR count). The average Bonchev–Trinajstić information content (AvgIpc) is 2.96. The third kappa shape index (κ3) is 4.29. The van der Waals surface area contributed by atoms with Gasteiger partial charge in [0.25, 0.3) is 5.91 Å². The Kier molecular flexibility index (Phi) is 6.66. The summed E-state index contributed by atoms with van der Waals surface area (Å²) in [6.07, 6.45) is 1.64. The predicted octanol–water partition coefficient (Wildman–Crippen LogP) is 3.71. The number of carbonyl (C=O) groups excluding carboxylic acids is 2. The number of halogens is 1. The van der Waals surface area contributed by atoms with Crippen LogP contribution in [0, 0.1) is 11.7 Å². The van der Waals surface area contributed by atoms with Crippen molar-refractivity contribution in [1.29, 1.82) is 0 Å². The molecule has 0 aliphatic carbocycles. The number of carbonyl (C=O) groups is 2. The van der Waals surface area contributed by atoms with Gasteiger partial charge in [0.2, 0.25) is 0 Å². The van der Waals surface area contributed by atoms with Crippen LogP contribution in [0.15, 0.2) is 24.3 Å². The van der Waals surface area contributed by atoms with Crippen LogP contribution in [0.4, 0.5) is 4.39 Å². The summed E-state index contributed by atoms with van der Waals surface area (Å²) in [5.74, 6) is -0.696. The summed E-state index contributed by atoms with van der Waals surface area (Å²) in [6.45, 7) is 6.26. The normalized spacial score (nSPS) is 20.5. The van der Waals surface area contributed by atoms with Gasteiger partial charge in [-0.05, 0) is 24.5 Å². The summed E-state index contributed by atoms with van der Waals surface area (Å²) in [6, 6.07) is 5.23. The number of amides is 1. The van der Waals surface area contributed by atoms with Crippen molar-refractivity contribution < 1.29 is 18.7 Å². The highest BCUT2D eigenvalue weighted by atomic mass is 32.2. The Morgan fingerprint density at radius 3 is 2.71 bits per heavy atom. The van der Waals surface area contributed by atoms with Gasteiger partial charge >= 0.3 is 5.97 Å². The van der Waals surface area contributed by atoms with Crippen molar-refractivity contribution >= 4 is 23.6 Å². The Hall–Kier alpha value is -1.56. The van der Waals surface area contributed by atoms with Crippen LogP contribution < -0.4 is 0 Å². The highest BCUT2D eigenvalue weighted by molar-refractivity contribution is 8.00. The molecule has 1 saturated heterocycles. The van der Waals surface area contributed by atoms with E-state index in [4.69, 9.17) is 4.74 Å². The van der Waals surface area contributed by atoms with Crippen LogP contribution in [0.1, 0.15) is 44.0 Å². The average molecular weight is 353 g/mol. The maximum atomic E-state index is 14.0. The van der Waals surface area contributed by atoms with E-state index in [1.165, 1.54) is 17.0 Å². The fourth-order valence-electron chi connectivity index (χ4n) is 2.61. The first-order valence-corrected chi connectivity index (χ1v) is 9.36. The first kappa shape index (κ1) is 18.8. The van der Waals surface area contributed by atoms with Gasteiger partial charge in [0.05, 0.1) is 17.5 Å². The van der Waals surface area contributed by atoms with E-state index in [9.17, 15) is 14.0 Å². The fourth-order valence-corrected chi connectivity index (χ4v) is 4.11. The van der Waals surface area contributed by atoms with Crippen LogP contribution in [0.2, 0.25) is 0 Å². The number of thioether (sulfide) groups is 1. The van der Waals surface area contributed by atoms with Crippen LogP contribution in [0.25, 0.3) is 0 Å². The minimum absolute atomic E-state index is 0.00256. The number of rotatable bonds is 6. The van der Waals surface area contributed by atoms with Crippen LogP contribution >= 0.6 is 11.8 Å². The minimum atomic E-state index is -0.655. The number of ether oxygens (including phenoxy) is 1. The molecule has 0 aromatic heterocycles. The second-order valence-corrected chi connectivity index (χ2v) is 7.52. The first-order chi connectivity index (χ1) is 11.5. The maximum absolute atomic E-state index is 14.0. The molecule has 0 radical (unpaired) electrons. The summed E-state index contributed by atoms with van der Waals surface area (Å²) in [5.41, 5.74) is 0.00256. The van der Waals surface area contributed by atoms with Gasteiger partial charge in [-0.3, -0.25) is 4.79 Å². The summed E-state index contributed by atoms with van der Waals surface area (Å²) in [7, 11) is 0. The topological polar surface area (TPSA) is 46.6 Å². The number of hydrogen-bond acceptors (Lipinski definition) is 4. The lowest BCUT2D eigenvalue weighted by Gasteiger charge is -2.28. The van der Waals surface area contributed by atoms with Crippen molar-refractivity contribution in [2.24, 2.45) is 5.92 Å². The zero-order chi connectivity index (χ0) is 17.7. The Balaban J connectivity index is 2.23. The Bertz CT molecular complexity index is 593.